The van der Waals surface area contributed by atoms with E-state index in [9.17, 15) is 9.59 Å². The van der Waals surface area contributed by atoms with Gasteiger partial charge in [0.25, 0.3) is 5.91 Å². The van der Waals surface area contributed by atoms with E-state index in [1.54, 1.807) is 12.1 Å². The number of rotatable bonds is 5. The summed E-state index contributed by atoms with van der Waals surface area (Å²) in [7, 11) is 0. The van der Waals surface area contributed by atoms with Gasteiger partial charge in [-0.15, -0.1) is 0 Å². The van der Waals surface area contributed by atoms with E-state index in [0.29, 0.717) is 17.8 Å². The number of hydrogen-bond acceptors (Lipinski definition) is 3. The smallest absolute Gasteiger partial charge is 0.251 e. The zero-order chi connectivity index (χ0) is 16.3. The van der Waals surface area contributed by atoms with E-state index in [1.165, 1.54) is 0 Å². The maximum Gasteiger partial charge on any atom is 0.251 e. The molecule has 0 spiro atoms. The van der Waals surface area contributed by atoms with Crippen molar-refractivity contribution in [2.75, 3.05) is 25.0 Å². The van der Waals surface area contributed by atoms with Gasteiger partial charge in [0.15, 0.2) is 0 Å². The van der Waals surface area contributed by atoms with Gasteiger partial charge in [-0.05, 0) is 62.4 Å². The SMILES string of the molecule is CC1(CNC(=O)c2cccc(NC(=O)C3CC3)c2)CCNCC1. The zero-order valence-corrected chi connectivity index (χ0v) is 13.7. The predicted molar refractivity (Wildman–Crippen MR) is 90.3 cm³/mol. The number of carbonyl (C=O) groups excluding carboxylic acids is 2. The summed E-state index contributed by atoms with van der Waals surface area (Å²) in [5, 5.41) is 9.28. The van der Waals surface area contributed by atoms with Crippen LogP contribution < -0.4 is 16.0 Å². The molecule has 2 aliphatic rings. The molecule has 1 aromatic rings. The Morgan fingerprint density at radius 1 is 1.26 bits per heavy atom. The molecule has 2 fully saturated rings. The quantitative estimate of drug-likeness (QED) is 0.780. The van der Waals surface area contributed by atoms with E-state index in [4.69, 9.17) is 0 Å². The van der Waals surface area contributed by atoms with Crippen LogP contribution in [0.5, 0.6) is 0 Å². The molecule has 0 unspecified atom stereocenters. The highest BCUT2D eigenvalue weighted by molar-refractivity contribution is 5.98. The van der Waals surface area contributed by atoms with Gasteiger partial charge >= 0.3 is 0 Å². The Hall–Kier alpha value is -1.88. The van der Waals surface area contributed by atoms with Crippen molar-refractivity contribution in [3.8, 4) is 0 Å². The third-order valence-electron chi connectivity index (χ3n) is 4.83. The summed E-state index contributed by atoms with van der Waals surface area (Å²) < 4.78 is 0. The van der Waals surface area contributed by atoms with Crippen LogP contribution in [-0.4, -0.2) is 31.4 Å². The van der Waals surface area contributed by atoms with Crippen LogP contribution in [0.25, 0.3) is 0 Å². The molecule has 1 saturated carbocycles. The largest absolute Gasteiger partial charge is 0.351 e. The Labute approximate surface area is 137 Å². The first-order chi connectivity index (χ1) is 11.1. The highest BCUT2D eigenvalue weighted by atomic mass is 16.2. The van der Waals surface area contributed by atoms with Gasteiger partial charge in [-0.1, -0.05) is 13.0 Å². The molecule has 5 nitrogen and oxygen atoms in total. The van der Waals surface area contributed by atoms with Crippen molar-refractivity contribution < 1.29 is 9.59 Å². The monoisotopic (exact) mass is 315 g/mol. The van der Waals surface area contributed by atoms with Crippen molar-refractivity contribution in [1.82, 2.24) is 10.6 Å². The summed E-state index contributed by atoms with van der Waals surface area (Å²) in [5.41, 5.74) is 1.46. The number of anilines is 1. The third-order valence-corrected chi connectivity index (χ3v) is 4.83. The minimum atomic E-state index is -0.0766. The molecule has 3 rings (SSSR count). The lowest BCUT2D eigenvalue weighted by Crippen LogP contribution is -2.42. The van der Waals surface area contributed by atoms with Crippen LogP contribution in [0.1, 0.15) is 43.0 Å². The second kappa shape index (κ2) is 6.71. The highest BCUT2D eigenvalue weighted by Crippen LogP contribution is 2.30. The molecule has 1 saturated heterocycles. The molecule has 1 aromatic carbocycles. The van der Waals surface area contributed by atoms with E-state index in [2.05, 4.69) is 22.9 Å². The number of nitrogens with one attached hydrogen (secondary N) is 3. The molecule has 5 heteroatoms. The first-order valence-electron chi connectivity index (χ1n) is 8.46. The molecule has 0 radical (unpaired) electrons. The molecule has 1 aliphatic carbocycles. The van der Waals surface area contributed by atoms with Gasteiger partial charge in [0.2, 0.25) is 5.91 Å². The Morgan fingerprint density at radius 3 is 2.70 bits per heavy atom. The van der Waals surface area contributed by atoms with Crippen LogP contribution >= 0.6 is 0 Å². The molecule has 0 atom stereocenters. The second-order valence-corrected chi connectivity index (χ2v) is 7.09. The number of amides is 2. The fourth-order valence-electron chi connectivity index (χ4n) is 2.93. The summed E-state index contributed by atoms with van der Waals surface area (Å²) in [6.07, 6.45) is 4.09. The lowest BCUT2D eigenvalue weighted by molar-refractivity contribution is -0.117. The maximum atomic E-state index is 12.4. The number of piperidine rings is 1. The standard InChI is InChI=1S/C18H25N3O2/c1-18(7-9-19-10-8-18)12-20-16(22)14-3-2-4-15(11-14)21-17(23)13-5-6-13/h2-4,11,13,19H,5-10,12H2,1H3,(H,20,22)(H,21,23). The molecule has 1 aliphatic heterocycles. The normalized spacial score (nSPS) is 19.9. The van der Waals surface area contributed by atoms with Crippen LogP contribution in [-0.2, 0) is 4.79 Å². The molecule has 23 heavy (non-hydrogen) atoms. The van der Waals surface area contributed by atoms with Crippen molar-refractivity contribution >= 4 is 17.5 Å². The van der Waals surface area contributed by atoms with Gasteiger partial charge in [0.1, 0.15) is 0 Å². The summed E-state index contributed by atoms with van der Waals surface area (Å²) in [6.45, 7) is 4.93. The van der Waals surface area contributed by atoms with E-state index in [1.807, 2.05) is 12.1 Å². The summed E-state index contributed by atoms with van der Waals surface area (Å²) in [6, 6.07) is 7.17. The minimum Gasteiger partial charge on any atom is -0.351 e. The Balaban J connectivity index is 1.57. The van der Waals surface area contributed by atoms with Crippen molar-refractivity contribution in [2.45, 2.75) is 32.6 Å². The lowest BCUT2D eigenvalue weighted by atomic mass is 9.81. The second-order valence-electron chi connectivity index (χ2n) is 7.09. The van der Waals surface area contributed by atoms with Crippen molar-refractivity contribution in [2.24, 2.45) is 11.3 Å². The number of benzene rings is 1. The van der Waals surface area contributed by atoms with Gasteiger partial charge in [0, 0.05) is 23.7 Å². The van der Waals surface area contributed by atoms with E-state index >= 15 is 0 Å². The molecule has 3 N–H and O–H groups in total. The molecular weight excluding hydrogens is 290 g/mol. The topological polar surface area (TPSA) is 70.2 Å². The van der Waals surface area contributed by atoms with Crippen LogP contribution in [0.15, 0.2) is 24.3 Å². The van der Waals surface area contributed by atoms with E-state index < -0.39 is 0 Å². The minimum absolute atomic E-state index is 0.0600. The van der Waals surface area contributed by atoms with Gasteiger partial charge in [-0.25, -0.2) is 0 Å². The van der Waals surface area contributed by atoms with Crippen LogP contribution in [0.3, 0.4) is 0 Å². The van der Waals surface area contributed by atoms with Gasteiger partial charge < -0.3 is 16.0 Å². The fourth-order valence-corrected chi connectivity index (χ4v) is 2.93. The average Bonchev–Trinajstić information content (AvgIpc) is 3.39. The maximum absolute atomic E-state index is 12.4. The fraction of sp³-hybridized carbons (Fsp3) is 0.556. The molecule has 1 heterocycles. The summed E-state index contributed by atoms with van der Waals surface area (Å²) >= 11 is 0. The van der Waals surface area contributed by atoms with Crippen LogP contribution in [0, 0.1) is 11.3 Å². The van der Waals surface area contributed by atoms with Crippen LogP contribution in [0.4, 0.5) is 5.69 Å². The molecule has 0 bridgehead atoms. The van der Waals surface area contributed by atoms with E-state index in [-0.39, 0.29) is 23.1 Å². The molecule has 2 amide bonds. The highest BCUT2D eigenvalue weighted by Gasteiger charge is 2.30. The summed E-state index contributed by atoms with van der Waals surface area (Å²) in [5.74, 6) is 0.143. The summed E-state index contributed by atoms with van der Waals surface area (Å²) in [4.78, 5) is 24.2. The van der Waals surface area contributed by atoms with Gasteiger partial charge in [-0.2, -0.15) is 0 Å². The Kier molecular flexibility index (Phi) is 4.66. The lowest BCUT2D eigenvalue weighted by Gasteiger charge is -2.34. The van der Waals surface area contributed by atoms with Crippen molar-refractivity contribution in [3.05, 3.63) is 29.8 Å². The Bertz CT molecular complexity index is 590. The average molecular weight is 315 g/mol. The predicted octanol–water partition coefficient (Wildman–Crippen LogP) is 2.15. The molecule has 124 valence electrons. The zero-order valence-electron chi connectivity index (χ0n) is 13.7. The number of carbonyl (C=O) groups is 2. The van der Waals surface area contributed by atoms with Crippen molar-refractivity contribution in [3.63, 3.8) is 0 Å². The van der Waals surface area contributed by atoms with E-state index in [0.717, 1.165) is 38.8 Å². The third kappa shape index (κ3) is 4.32. The molecule has 0 aromatic heterocycles. The van der Waals surface area contributed by atoms with Crippen LogP contribution in [0.2, 0.25) is 0 Å². The first-order valence-corrected chi connectivity index (χ1v) is 8.46. The number of hydrogen-bond donors (Lipinski definition) is 3. The van der Waals surface area contributed by atoms with Crippen molar-refractivity contribution in [1.29, 1.82) is 0 Å². The van der Waals surface area contributed by atoms with Gasteiger partial charge in [-0.3, -0.25) is 9.59 Å². The first kappa shape index (κ1) is 16.0. The molecular formula is C18H25N3O2. The van der Waals surface area contributed by atoms with Gasteiger partial charge in [0.05, 0.1) is 0 Å². The Morgan fingerprint density at radius 2 is 2.00 bits per heavy atom.